The smallest absolute Gasteiger partial charge is 0.132 e. The fourth-order valence-corrected chi connectivity index (χ4v) is 0.902. The molecule has 0 bridgehead atoms. The summed E-state index contributed by atoms with van der Waals surface area (Å²) < 4.78 is 12.7. The molecule has 1 aromatic carbocycles. The van der Waals surface area contributed by atoms with E-state index in [4.69, 9.17) is 0 Å². The number of hydrogen-bond acceptors (Lipinski definition) is 4. The lowest BCUT2D eigenvalue weighted by Gasteiger charge is -2.11. The second-order valence-electron chi connectivity index (χ2n) is 2.24. The zero-order valence-corrected chi connectivity index (χ0v) is 6.24. The third-order valence-corrected chi connectivity index (χ3v) is 1.44. The lowest BCUT2D eigenvalue weighted by atomic mass is 10.1. The van der Waals surface area contributed by atoms with E-state index in [2.05, 4.69) is 0 Å². The van der Waals surface area contributed by atoms with Crippen LogP contribution in [0.25, 0.3) is 0 Å². The Morgan fingerprint density at radius 3 is 2.15 bits per heavy atom. The van der Waals surface area contributed by atoms with Crippen molar-refractivity contribution in [2.75, 3.05) is 0 Å². The highest BCUT2D eigenvalue weighted by atomic mass is 19.1. The normalized spacial score (nSPS) is 9.62. The quantitative estimate of drug-likeness (QED) is 0.560. The molecule has 0 atom stereocenters. The van der Waals surface area contributed by atoms with Crippen LogP contribution in [-0.4, -0.2) is 11.9 Å². The Labute approximate surface area is 72.2 Å². The van der Waals surface area contributed by atoms with Gasteiger partial charge in [-0.05, 0) is 6.07 Å². The Hall–Kier alpha value is -1.91. The number of benzene rings is 1. The van der Waals surface area contributed by atoms with Gasteiger partial charge in [-0.2, -0.15) is 0 Å². The Kier molecular flexibility index (Phi) is 2.27. The van der Waals surface area contributed by atoms with E-state index in [-0.39, 0.29) is 0 Å². The molecule has 0 aliphatic carbocycles. The Morgan fingerprint density at radius 2 is 1.77 bits per heavy atom. The van der Waals surface area contributed by atoms with Crippen LogP contribution < -0.4 is 10.2 Å². The highest BCUT2D eigenvalue weighted by molar-refractivity contribution is 6.00. The first-order valence-corrected chi connectivity index (χ1v) is 3.25. The van der Waals surface area contributed by atoms with Gasteiger partial charge in [0, 0.05) is 11.1 Å². The van der Waals surface area contributed by atoms with Gasteiger partial charge in [0.2, 0.25) is 0 Å². The molecule has 0 aromatic heterocycles. The lowest BCUT2D eigenvalue weighted by Crippen LogP contribution is -2.31. The van der Waals surface area contributed by atoms with E-state index in [0.717, 1.165) is 18.2 Å². The maximum Gasteiger partial charge on any atom is 0.132 e. The molecule has 5 heteroatoms. The molecule has 0 unspecified atom stereocenters. The summed E-state index contributed by atoms with van der Waals surface area (Å²) in [6, 6.07) is 2.84. The van der Waals surface area contributed by atoms with Crippen molar-refractivity contribution in [2.45, 2.75) is 0 Å². The maximum atomic E-state index is 12.7. The third-order valence-electron chi connectivity index (χ3n) is 1.44. The molecule has 0 aliphatic heterocycles. The molecule has 4 nitrogen and oxygen atoms in total. The van der Waals surface area contributed by atoms with Crippen LogP contribution in [0.3, 0.4) is 0 Å². The first-order chi connectivity index (χ1) is 6.04. The molecular weight excluding hydrogens is 179 g/mol. The molecule has 68 valence electrons. The monoisotopic (exact) mass is 182 g/mol. The largest absolute Gasteiger partial charge is 0.545 e. The summed E-state index contributed by atoms with van der Waals surface area (Å²) in [5.41, 5.74) is -1.71. The molecule has 0 saturated heterocycles. The van der Waals surface area contributed by atoms with Gasteiger partial charge >= 0.3 is 0 Å². The third kappa shape index (κ3) is 1.64. The highest BCUT2D eigenvalue weighted by Gasteiger charge is 2.09. The molecule has 0 N–H and O–H groups in total. The first-order valence-electron chi connectivity index (χ1n) is 3.25. The van der Waals surface area contributed by atoms with Crippen LogP contribution in [0.1, 0.15) is 20.7 Å². The number of halogens is 1. The summed E-state index contributed by atoms with van der Waals surface area (Å²) >= 11 is 0. The van der Waals surface area contributed by atoms with Crippen molar-refractivity contribution in [2.24, 2.45) is 0 Å². The molecule has 0 aliphatic rings. The zero-order chi connectivity index (χ0) is 10.0. The summed E-state index contributed by atoms with van der Waals surface area (Å²) in [6.07, 6.45) is 0. The number of carboxylic acid groups (broad SMARTS) is 2. The highest BCUT2D eigenvalue weighted by Crippen LogP contribution is 2.11. The van der Waals surface area contributed by atoms with Crippen LogP contribution in [0.5, 0.6) is 0 Å². The van der Waals surface area contributed by atoms with Gasteiger partial charge in [-0.25, -0.2) is 4.39 Å². The minimum atomic E-state index is -1.88. The van der Waals surface area contributed by atoms with E-state index < -0.39 is 28.9 Å². The molecule has 0 radical (unpaired) electrons. The summed E-state index contributed by atoms with van der Waals surface area (Å²) in [7, 11) is 0. The molecule has 1 rings (SSSR count). The van der Waals surface area contributed by atoms with Crippen molar-refractivity contribution < 1.29 is 24.2 Å². The van der Waals surface area contributed by atoms with Crippen molar-refractivity contribution >= 4 is 11.9 Å². The van der Waals surface area contributed by atoms with Crippen LogP contribution in [0.4, 0.5) is 4.39 Å². The number of carboxylic acids is 2. The number of aromatic carboxylic acids is 2. The van der Waals surface area contributed by atoms with E-state index in [1.54, 1.807) is 0 Å². The molecule has 0 saturated carbocycles. The molecule has 0 heterocycles. The number of carbonyl (C=O) groups is 2. The maximum absolute atomic E-state index is 12.7. The van der Waals surface area contributed by atoms with E-state index in [9.17, 15) is 24.2 Å². The van der Waals surface area contributed by atoms with E-state index >= 15 is 0 Å². The van der Waals surface area contributed by atoms with Gasteiger partial charge in [-0.1, -0.05) is 12.1 Å². The topological polar surface area (TPSA) is 80.3 Å². The second-order valence-corrected chi connectivity index (χ2v) is 2.24. The van der Waals surface area contributed by atoms with Crippen molar-refractivity contribution in [1.29, 1.82) is 0 Å². The van der Waals surface area contributed by atoms with Crippen LogP contribution in [-0.2, 0) is 0 Å². The molecule has 0 amide bonds. The Morgan fingerprint density at radius 1 is 1.15 bits per heavy atom. The first kappa shape index (κ1) is 9.18. The Bertz CT molecular complexity index is 372. The minimum absolute atomic E-state index is 0.722. The van der Waals surface area contributed by atoms with Crippen LogP contribution in [0, 0.1) is 5.82 Å². The standard InChI is InChI=1S/C8H5FO4/c9-5-3-1-2-4(7(10)11)6(5)8(12)13/h1-3H,(H,10,11)(H,12,13)/p-2. The average Bonchev–Trinajstić information content (AvgIpc) is 2.02. The zero-order valence-electron chi connectivity index (χ0n) is 6.24. The van der Waals surface area contributed by atoms with Crippen molar-refractivity contribution in [1.82, 2.24) is 0 Å². The second kappa shape index (κ2) is 3.22. The summed E-state index contributed by atoms with van der Waals surface area (Å²) in [6.45, 7) is 0. The van der Waals surface area contributed by atoms with E-state index in [1.165, 1.54) is 0 Å². The van der Waals surface area contributed by atoms with Crippen LogP contribution >= 0.6 is 0 Å². The van der Waals surface area contributed by atoms with Gasteiger partial charge in [-0.15, -0.1) is 0 Å². The van der Waals surface area contributed by atoms with Gasteiger partial charge in [0.05, 0.1) is 11.9 Å². The predicted octanol–water partition coefficient (Wildman–Crippen LogP) is -1.45. The average molecular weight is 182 g/mol. The van der Waals surface area contributed by atoms with E-state index in [1.807, 2.05) is 0 Å². The van der Waals surface area contributed by atoms with Gasteiger partial charge in [0.25, 0.3) is 0 Å². The summed E-state index contributed by atoms with van der Waals surface area (Å²) in [4.78, 5) is 20.6. The molecular formula is C8H3FO4-2. The SMILES string of the molecule is O=C([O-])c1cccc(F)c1C(=O)[O-]. The number of carbonyl (C=O) groups excluding carboxylic acids is 2. The predicted molar refractivity (Wildman–Crippen MR) is 35.1 cm³/mol. The van der Waals surface area contributed by atoms with E-state index in [0.29, 0.717) is 0 Å². The lowest BCUT2D eigenvalue weighted by molar-refractivity contribution is -0.260. The molecule has 1 aromatic rings. The number of hydrogen-bond donors (Lipinski definition) is 0. The molecule has 0 fully saturated rings. The van der Waals surface area contributed by atoms with Gasteiger partial charge < -0.3 is 19.8 Å². The fourth-order valence-electron chi connectivity index (χ4n) is 0.902. The molecule has 13 heavy (non-hydrogen) atoms. The van der Waals surface area contributed by atoms with Crippen molar-refractivity contribution in [3.05, 3.63) is 35.1 Å². The van der Waals surface area contributed by atoms with Crippen LogP contribution in [0.2, 0.25) is 0 Å². The number of rotatable bonds is 2. The van der Waals surface area contributed by atoms with Crippen molar-refractivity contribution in [3.63, 3.8) is 0 Å². The minimum Gasteiger partial charge on any atom is -0.545 e. The summed E-state index contributed by atoms with van der Waals surface area (Å²) in [5.74, 6) is -4.78. The fraction of sp³-hybridized carbons (Fsp3) is 0. The van der Waals surface area contributed by atoms with Crippen LogP contribution in [0.15, 0.2) is 18.2 Å². The summed E-state index contributed by atoms with van der Waals surface area (Å²) in [5, 5.41) is 20.6. The van der Waals surface area contributed by atoms with Crippen molar-refractivity contribution in [3.8, 4) is 0 Å². The Balaban J connectivity index is 3.43. The van der Waals surface area contributed by atoms with Gasteiger partial charge in [-0.3, -0.25) is 0 Å². The van der Waals surface area contributed by atoms with Gasteiger partial charge in [0.1, 0.15) is 5.82 Å². The van der Waals surface area contributed by atoms with Gasteiger partial charge in [0.15, 0.2) is 0 Å². The molecule has 0 spiro atoms.